The number of halogens is 1. The quantitative estimate of drug-likeness (QED) is 0.220. The Bertz CT molecular complexity index is 1210. The zero-order valence-electron chi connectivity index (χ0n) is 15.5. The van der Waals surface area contributed by atoms with Gasteiger partial charge in [0.2, 0.25) is 5.16 Å². The summed E-state index contributed by atoms with van der Waals surface area (Å²) in [6.07, 6.45) is 0. The number of rotatable bonds is 7. The molecule has 0 bridgehead atoms. The summed E-state index contributed by atoms with van der Waals surface area (Å²) in [5.41, 5.74) is 1.60. The van der Waals surface area contributed by atoms with Gasteiger partial charge in [-0.2, -0.15) is 5.26 Å². The first kappa shape index (κ1) is 19.8. The van der Waals surface area contributed by atoms with Gasteiger partial charge in [0.1, 0.15) is 29.8 Å². The maximum atomic E-state index is 10.4. The van der Waals surface area contributed by atoms with Crippen molar-refractivity contribution in [3.05, 3.63) is 71.0 Å². The summed E-state index contributed by atoms with van der Waals surface area (Å²) in [5.74, 6) is 1.54. The first-order chi connectivity index (χ1) is 14.6. The van der Waals surface area contributed by atoms with E-state index < -0.39 is 0 Å². The Balaban J connectivity index is 1.39. The molecule has 10 heteroatoms. The molecular weight excluding hydrogens is 424 g/mol. The van der Waals surface area contributed by atoms with Crippen LogP contribution < -0.4 is 4.74 Å². The lowest BCUT2D eigenvalue weighted by Crippen LogP contribution is -1.97. The van der Waals surface area contributed by atoms with E-state index in [2.05, 4.69) is 25.1 Å². The molecule has 0 spiro atoms. The summed E-state index contributed by atoms with van der Waals surface area (Å²) < 4.78 is 5.61. The maximum Gasteiger partial charge on any atom is 0.208 e. The minimum atomic E-state index is -0.106. The average molecular weight is 439 g/mol. The molecule has 0 saturated carbocycles. The predicted octanol–water partition coefficient (Wildman–Crippen LogP) is 4.50. The van der Waals surface area contributed by atoms with Crippen molar-refractivity contribution in [1.82, 2.24) is 25.1 Å². The van der Waals surface area contributed by atoms with Crippen LogP contribution in [-0.2, 0) is 6.61 Å². The molecule has 4 rings (SSSR count). The number of allylic oxidation sites excluding steroid dienone is 1. The lowest BCUT2D eigenvalue weighted by molar-refractivity contribution is 0.296. The van der Waals surface area contributed by atoms with Crippen molar-refractivity contribution >= 4 is 40.0 Å². The number of nitriles is 1. The molecule has 2 heterocycles. The second kappa shape index (κ2) is 8.90. The number of aliphatic hydroxyl groups excluding tert-OH is 1. The number of para-hydroxylation sites is 2. The molecule has 0 aliphatic carbocycles. The molecule has 3 N–H and O–H groups in total. The van der Waals surface area contributed by atoms with Crippen molar-refractivity contribution < 1.29 is 9.84 Å². The Morgan fingerprint density at radius 1 is 1.17 bits per heavy atom. The average Bonchev–Trinajstić information content (AvgIpc) is 3.39. The highest BCUT2D eigenvalue weighted by Gasteiger charge is 2.14. The van der Waals surface area contributed by atoms with Gasteiger partial charge in [-0.1, -0.05) is 35.5 Å². The monoisotopic (exact) mass is 438 g/mol. The molecule has 0 aliphatic rings. The van der Waals surface area contributed by atoms with Crippen LogP contribution in [0.1, 0.15) is 11.6 Å². The summed E-state index contributed by atoms with van der Waals surface area (Å²) in [5, 5.41) is 27.8. The molecule has 0 saturated heterocycles. The molecule has 4 aromatic rings. The number of benzene rings is 2. The third-order valence-electron chi connectivity index (χ3n) is 4.06. The smallest absolute Gasteiger partial charge is 0.208 e. The maximum absolute atomic E-state index is 10.4. The Morgan fingerprint density at radius 3 is 2.73 bits per heavy atom. The number of hydrogen-bond donors (Lipinski definition) is 3. The molecule has 0 radical (unpaired) electrons. The van der Waals surface area contributed by atoms with Gasteiger partial charge in [-0.25, -0.2) is 9.97 Å². The van der Waals surface area contributed by atoms with Crippen molar-refractivity contribution in [2.75, 3.05) is 5.75 Å². The van der Waals surface area contributed by atoms with E-state index in [1.165, 1.54) is 11.8 Å². The van der Waals surface area contributed by atoms with E-state index in [1.54, 1.807) is 24.3 Å². The minimum Gasteiger partial charge on any atom is -0.510 e. The largest absolute Gasteiger partial charge is 0.510 e. The molecule has 0 amide bonds. The first-order valence-electron chi connectivity index (χ1n) is 8.82. The highest BCUT2D eigenvalue weighted by atomic mass is 35.5. The van der Waals surface area contributed by atoms with Crippen LogP contribution in [0, 0.1) is 11.3 Å². The third kappa shape index (κ3) is 4.56. The zero-order chi connectivity index (χ0) is 20.9. The summed E-state index contributed by atoms with van der Waals surface area (Å²) in [4.78, 5) is 11.7. The molecule has 0 aliphatic heterocycles. The van der Waals surface area contributed by atoms with Crippen molar-refractivity contribution in [3.63, 3.8) is 0 Å². The van der Waals surface area contributed by atoms with Crippen LogP contribution in [0.25, 0.3) is 16.6 Å². The van der Waals surface area contributed by atoms with Gasteiger partial charge in [-0.3, -0.25) is 5.10 Å². The van der Waals surface area contributed by atoms with Crippen LogP contribution in [0.3, 0.4) is 0 Å². The van der Waals surface area contributed by atoms with E-state index in [9.17, 15) is 10.4 Å². The lowest BCUT2D eigenvalue weighted by atomic mass is 10.2. The highest BCUT2D eigenvalue weighted by molar-refractivity contribution is 7.99. The Kier molecular flexibility index (Phi) is 5.88. The summed E-state index contributed by atoms with van der Waals surface area (Å²) in [6.45, 7) is 0.208. The van der Waals surface area contributed by atoms with Crippen LogP contribution in [0.15, 0.2) is 59.4 Å². The van der Waals surface area contributed by atoms with E-state index in [0.717, 1.165) is 11.0 Å². The number of H-pyrrole nitrogens is 2. The fourth-order valence-corrected chi connectivity index (χ4v) is 3.44. The van der Waals surface area contributed by atoms with Gasteiger partial charge in [-0.05, 0) is 36.4 Å². The van der Waals surface area contributed by atoms with Crippen molar-refractivity contribution in [2.45, 2.75) is 11.8 Å². The van der Waals surface area contributed by atoms with Crippen LogP contribution in [0.2, 0.25) is 5.02 Å². The van der Waals surface area contributed by atoms with E-state index in [4.69, 9.17) is 16.3 Å². The van der Waals surface area contributed by atoms with Crippen molar-refractivity contribution in [2.24, 2.45) is 0 Å². The fraction of sp³-hybridized carbons (Fsp3) is 0.100. The number of thioether (sulfide) groups is 1. The van der Waals surface area contributed by atoms with Gasteiger partial charge < -0.3 is 14.8 Å². The summed E-state index contributed by atoms with van der Waals surface area (Å²) in [6, 6.07) is 16.4. The van der Waals surface area contributed by atoms with Gasteiger partial charge in [0.05, 0.1) is 16.8 Å². The molecule has 30 heavy (non-hydrogen) atoms. The Hall–Kier alpha value is -3.48. The Morgan fingerprint density at radius 2 is 1.97 bits per heavy atom. The second-order valence-corrected chi connectivity index (χ2v) is 7.51. The van der Waals surface area contributed by atoms with E-state index in [0.29, 0.717) is 27.6 Å². The number of aliphatic hydroxyl groups is 1. The number of ether oxygens (including phenoxy) is 1. The normalized spacial score (nSPS) is 11.9. The van der Waals surface area contributed by atoms with Crippen LogP contribution >= 0.6 is 23.4 Å². The predicted molar refractivity (Wildman–Crippen MR) is 114 cm³/mol. The third-order valence-corrected chi connectivity index (χ3v) is 5.18. The Labute approximate surface area is 180 Å². The summed E-state index contributed by atoms with van der Waals surface area (Å²) >= 11 is 7.04. The fourth-order valence-electron chi connectivity index (χ4n) is 2.62. The van der Waals surface area contributed by atoms with E-state index in [-0.39, 0.29) is 23.7 Å². The zero-order valence-corrected chi connectivity index (χ0v) is 17.0. The van der Waals surface area contributed by atoms with Crippen LogP contribution in [0.5, 0.6) is 5.75 Å². The first-order valence-corrected chi connectivity index (χ1v) is 10.2. The van der Waals surface area contributed by atoms with Crippen molar-refractivity contribution in [3.8, 4) is 11.8 Å². The topological polar surface area (TPSA) is 124 Å². The number of nitrogens with zero attached hydrogens (tertiary/aromatic N) is 4. The lowest BCUT2D eigenvalue weighted by Gasteiger charge is -2.03. The standard InChI is InChI=1S/C20H15ClN6O2S/c21-12-5-7-13(8-6-12)29-10-18-25-20(27-26-18)30-11-17(28)14(9-22)19-23-15-3-1-2-4-16(15)24-19/h1-8,28H,10-11H2,(H,23,24)(H,25,26,27)/b17-14-. The summed E-state index contributed by atoms with van der Waals surface area (Å²) in [7, 11) is 0. The van der Waals surface area contributed by atoms with Gasteiger partial charge in [0.25, 0.3) is 0 Å². The number of aromatic amines is 2. The molecule has 0 unspecified atom stereocenters. The van der Waals surface area contributed by atoms with Gasteiger partial charge in [0.15, 0.2) is 11.6 Å². The molecule has 150 valence electrons. The van der Waals surface area contributed by atoms with Gasteiger partial charge >= 0.3 is 0 Å². The number of hydrogen-bond acceptors (Lipinski definition) is 7. The minimum absolute atomic E-state index is 0.0838. The molecule has 2 aromatic heterocycles. The van der Waals surface area contributed by atoms with E-state index in [1.807, 2.05) is 30.3 Å². The number of fused-ring (bicyclic) bond motifs is 1. The number of nitrogens with one attached hydrogen (secondary N) is 2. The van der Waals surface area contributed by atoms with Gasteiger partial charge in [-0.15, -0.1) is 5.10 Å². The number of imidazole rings is 1. The molecular formula is C20H15ClN6O2S. The van der Waals surface area contributed by atoms with E-state index >= 15 is 0 Å². The van der Waals surface area contributed by atoms with Crippen LogP contribution in [0.4, 0.5) is 0 Å². The van der Waals surface area contributed by atoms with Crippen molar-refractivity contribution in [1.29, 1.82) is 5.26 Å². The second-order valence-electron chi connectivity index (χ2n) is 6.13. The molecule has 2 aromatic carbocycles. The number of aromatic nitrogens is 5. The van der Waals surface area contributed by atoms with Crippen LogP contribution in [-0.4, -0.2) is 36.0 Å². The molecule has 8 nitrogen and oxygen atoms in total. The molecule has 0 fully saturated rings. The highest BCUT2D eigenvalue weighted by Crippen LogP contribution is 2.23. The van der Waals surface area contributed by atoms with Gasteiger partial charge in [0, 0.05) is 5.02 Å². The molecule has 0 atom stereocenters. The SMILES string of the molecule is N#C/C(=C(/O)CSc1n[nH]c(COc2ccc(Cl)cc2)n1)c1nc2ccccc2[nH]1.